The predicted molar refractivity (Wildman–Crippen MR) is 55.2 cm³/mol. The Bertz CT molecular complexity index is 285. The number of rotatable bonds is 1. The van der Waals surface area contributed by atoms with Crippen molar-refractivity contribution in [3.8, 4) is 0 Å². The monoisotopic (exact) mass is 147 g/mol. The fourth-order valence-electron chi connectivity index (χ4n) is 1.09. The van der Waals surface area contributed by atoms with Crippen molar-refractivity contribution < 1.29 is 0 Å². The molecular weight excluding hydrogens is 141 g/mol. The summed E-state index contributed by atoms with van der Waals surface area (Å²) in [7, 11) is 22.3. The van der Waals surface area contributed by atoms with E-state index in [1.54, 1.807) is 0 Å². The first-order valence-corrected chi connectivity index (χ1v) is 3.66. The van der Waals surface area contributed by atoms with Crippen LogP contribution in [-0.2, 0) is 6.42 Å². The SMILES string of the molecule is [B]c1nc([B])c([B])c(CC)c1[B]. The highest BCUT2D eigenvalue weighted by atomic mass is 14.7. The Morgan fingerprint density at radius 3 is 1.75 bits per heavy atom. The van der Waals surface area contributed by atoms with Crippen LogP contribution in [0.25, 0.3) is 0 Å². The molecule has 0 atom stereocenters. The van der Waals surface area contributed by atoms with Crippen molar-refractivity contribution >= 4 is 53.5 Å². The Hall–Kier alpha value is -0.590. The van der Waals surface area contributed by atoms with Crippen LogP contribution in [0, 0.1) is 0 Å². The molecule has 0 amide bonds. The topological polar surface area (TPSA) is 12.9 Å². The van der Waals surface area contributed by atoms with E-state index in [4.69, 9.17) is 31.4 Å². The minimum absolute atomic E-state index is 0.249. The van der Waals surface area contributed by atoms with Crippen LogP contribution in [0.15, 0.2) is 0 Å². The molecule has 0 saturated heterocycles. The summed E-state index contributed by atoms with van der Waals surface area (Å²) in [6.45, 7) is 1.93. The summed E-state index contributed by atoms with van der Waals surface area (Å²) < 4.78 is 0. The van der Waals surface area contributed by atoms with Gasteiger partial charge in [-0.2, -0.15) is 0 Å². The van der Waals surface area contributed by atoms with Gasteiger partial charge in [-0.05, 0) is 17.6 Å². The van der Waals surface area contributed by atoms with Gasteiger partial charge in [-0.15, -0.1) is 0 Å². The molecule has 1 rings (SSSR count). The molecule has 0 saturated carbocycles. The molecule has 1 nitrogen and oxygen atoms in total. The van der Waals surface area contributed by atoms with Crippen LogP contribution in [0.1, 0.15) is 12.5 Å². The van der Waals surface area contributed by atoms with E-state index in [-0.39, 0.29) is 11.2 Å². The van der Waals surface area contributed by atoms with E-state index < -0.39 is 0 Å². The molecule has 0 unspecified atom stereocenters. The largest absolute Gasteiger partial charge is 0.282 e. The average molecular weight is 146 g/mol. The molecule has 0 aromatic carbocycles. The van der Waals surface area contributed by atoms with Crippen molar-refractivity contribution in [2.45, 2.75) is 13.3 Å². The number of aromatic nitrogens is 1. The molecule has 0 aliphatic carbocycles. The lowest BCUT2D eigenvalue weighted by Crippen LogP contribution is -2.47. The van der Waals surface area contributed by atoms with E-state index in [2.05, 4.69) is 4.98 Å². The molecule has 1 aromatic rings. The van der Waals surface area contributed by atoms with Gasteiger partial charge in [0, 0.05) is 0 Å². The van der Waals surface area contributed by atoms with Gasteiger partial charge in [0.2, 0.25) is 0 Å². The summed E-state index contributed by atoms with van der Waals surface area (Å²) >= 11 is 0. The lowest BCUT2D eigenvalue weighted by Gasteiger charge is -2.14. The molecule has 0 aliphatic heterocycles. The highest BCUT2D eigenvalue weighted by Crippen LogP contribution is 1.85. The maximum absolute atomic E-state index is 5.64. The third-order valence-corrected chi connectivity index (χ3v) is 1.80. The van der Waals surface area contributed by atoms with Crippen LogP contribution in [-0.4, -0.2) is 36.4 Å². The second-order valence-electron chi connectivity index (χ2n) is 2.54. The first-order valence-electron chi connectivity index (χ1n) is 3.66. The Balaban J connectivity index is 3.42. The number of hydrogen-bond donors (Lipinski definition) is 0. The van der Waals surface area contributed by atoms with E-state index in [0.29, 0.717) is 17.3 Å². The Morgan fingerprint density at radius 1 is 1.00 bits per heavy atom. The van der Waals surface area contributed by atoms with Gasteiger partial charge >= 0.3 is 0 Å². The van der Waals surface area contributed by atoms with E-state index in [0.717, 1.165) is 5.56 Å². The lowest BCUT2D eigenvalue weighted by molar-refractivity contribution is 1.16. The van der Waals surface area contributed by atoms with Crippen LogP contribution < -0.4 is 22.1 Å². The molecular formula is C7H5B4N. The summed E-state index contributed by atoms with van der Waals surface area (Å²) in [5, 5.41) is 0. The van der Waals surface area contributed by atoms with Gasteiger partial charge in [0.1, 0.15) is 31.4 Å². The molecule has 0 fully saturated rings. The van der Waals surface area contributed by atoms with E-state index in [9.17, 15) is 0 Å². The maximum Gasteiger partial charge on any atom is 0.140 e. The van der Waals surface area contributed by atoms with E-state index in [1.165, 1.54) is 0 Å². The van der Waals surface area contributed by atoms with Gasteiger partial charge < -0.3 is 0 Å². The van der Waals surface area contributed by atoms with Crippen LogP contribution in [0.5, 0.6) is 0 Å². The first-order chi connectivity index (χ1) is 5.57. The van der Waals surface area contributed by atoms with Gasteiger partial charge in [0.15, 0.2) is 0 Å². The summed E-state index contributed by atoms with van der Waals surface area (Å²) in [6, 6.07) is 0. The van der Waals surface area contributed by atoms with Crippen LogP contribution >= 0.6 is 0 Å². The van der Waals surface area contributed by atoms with Crippen molar-refractivity contribution in [2.24, 2.45) is 0 Å². The van der Waals surface area contributed by atoms with Crippen molar-refractivity contribution in [2.75, 3.05) is 0 Å². The molecule has 5 heteroatoms. The molecule has 0 N–H and O–H groups in total. The van der Waals surface area contributed by atoms with Crippen molar-refractivity contribution in [3.63, 3.8) is 0 Å². The van der Waals surface area contributed by atoms with Crippen molar-refractivity contribution in [1.82, 2.24) is 4.98 Å². The van der Waals surface area contributed by atoms with Crippen molar-refractivity contribution in [3.05, 3.63) is 5.56 Å². The molecule has 1 aromatic heterocycles. The second kappa shape index (κ2) is 3.42. The standard InChI is InChI=1S/C7H5B4N/c1-2-3-4(8)6(10)12-7(11)5(3)9/h2H2,1H3. The Labute approximate surface area is 78.0 Å². The lowest BCUT2D eigenvalue weighted by atomic mass is 9.72. The van der Waals surface area contributed by atoms with Gasteiger partial charge in [0.05, 0.1) is 0 Å². The van der Waals surface area contributed by atoms with Gasteiger partial charge in [-0.1, -0.05) is 23.4 Å². The molecule has 12 heavy (non-hydrogen) atoms. The normalized spacial score (nSPS) is 10.1. The smallest absolute Gasteiger partial charge is 0.140 e. The fourth-order valence-corrected chi connectivity index (χ4v) is 1.09. The maximum atomic E-state index is 5.64. The van der Waals surface area contributed by atoms with Crippen LogP contribution in [0.4, 0.5) is 0 Å². The summed E-state index contributed by atoms with van der Waals surface area (Å²) in [5.74, 6) is 0. The predicted octanol–water partition coefficient (Wildman–Crippen LogP) is -3.18. The zero-order valence-electron chi connectivity index (χ0n) is 6.96. The average Bonchev–Trinajstić information content (AvgIpc) is 2.02. The zero-order chi connectivity index (χ0) is 9.30. The fraction of sp³-hybridized carbons (Fsp3) is 0.286. The first kappa shape index (κ1) is 9.50. The molecule has 50 valence electrons. The zero-order valence-corrected chi connectivity index (χ0v) is 6.96. The molecule has 0 spiro atoms. The highest BCUT2D eigenvalue weighted by molar-refractivity contribution is 6.54. The van der Waals surface area contributed by atoms with Crippen LogP contribution in [0.2, 0.25) is 0 Å². The van der Waals surface area contributed by atoms with Gasteiger partial charge in [-0.25, -0.2) is 0 Å². The molecule has 1 heterocycles. The van der Waals surface area contributed by atoms with E-state index >= 15 is 0 Å². The quantitative estimate of drug-likeness (QED) is 0.381. The molecule has 0 bridgehead atoms. The van der Waals surface area contributed by atoms with Crippen molar-refractivity contribution in [1.29, 1.82) is 0 Å². The second-order valence-corrected chi connectivity index (χ2v) is 2.54. The minimum atomic E-state index is 0.249. The Morgan fingerprint density at radius 2 is 1.42 bits per heavy atom. The van der Waals surface area contributed by atoms with Crippen LogP contribution in [0.3, 0.4) is 0 Å². The summed E-state index contributed by atoms with van der Waals surface area (Å²) in [4.78, 5) is 3.79. The molecule has 8 radical (unpaired) electrons. The minimum Gasteiger partial charge on any atom is -0.282 e. The molecule has 0 aliphatic rings. The Kier molecular flexibility index (Phi) is 2.71. The number of hydrogen-bond acceptors (Lipinski definition) is 1. The van der Waals surface area contributed by atoms with E-state index in [1.807, 2.05) is 6.92 Å². The third-order valence-electron chi connectivity index (χ3n) is 1.80. The summed E-state index contributed by atoms with van der Waals surface area (Å²) in [6.07, 6.45) is 0.703. The number of pyridine rings is 1. The number of nitrogens with zero attached hydrogens (tertiary/aromatic N) is 1. The van der Waals surface area contributed by atoms with Gasteiger partial charge in [0.25, 0.3) is 0 Å². The third kappa shape index (κ3) is 1.45. The van der Waals surface area contributed by atoms with Gasteiger partial charge in [-0.3, -0.25) is 4.98 Å². The summed E-state index contributed by atoms with van der Waals surface area (Å²) in [5.41, 5.74) is 2.14. The highest BCUT2D eigenvalue weighted by Gasteiger charge is 2.05.